The van der Waals surface area contributed by atoms with Crippen LogP contribution >= 0.6 is 45.2 Å². The summed E-state index contributed by atoms with van der Waals surface area (Å²) >= 11 is 5.11. The van der Waals surface area contributed by atoms with E-state index in [1.165, 1.54) is 21.7 Å². The highest BCUT2D eigenvalue weighted by Crippen LogP contribution is 2.53. The molecule has 0 aromatic carbocycles. The van der Waals surface area contributed by atoms with Crippen molar-refractivity contribution in [3.8, 4) is 0 Å². The van der Waals surface area contributed by atoms with Crippen LogP contribution in [0.25, 0.3) is 0 Å². The Morgan fingerprint density at radius 2 is 1.92 bits per heavy atom. The molecule has 3 unspecified atom stereocenters. The molecule has 2 aliphatic carbocycles. The van der Waals surface area contributed by atoms with Crippen LogP contribution in [0.2, 0.25) is 0 Å². The van der Waals surface area contributed by atoms with E-state index in [2.05, 4.69) is 52.1 Å². The van der Waals surface area contributed by atoms with Crippen molar-refractivity contribution < 1.29 is 0 Å². The zero-order valence-corrected chi connectivity index (χ0v) is 11.6. The Hall–Kier alpha value is 1.20. The number of allylic oxidation sites excluding steroid dienone is 2. The third-order valence-corrected chi connectivity index (χ3v) is 5.71. The van der Waals surface area contributed by atoms with Gasteiger partial charge in [-0.25, -0.2) is 0 Å². The monoisotopic (exact) mass is 388 g/mol. The van der Waals surface area contributed by atoms with E-state index in [1.54, 1.807) is 5.57 Å². The van der Waals surface area contributed by atoms with Gasteiger partial charge in [-0.05, 0) is 31.6 Å². The maximum Gasteiger partial charge on any atom is 0.00296 e. The molecule has 3 atom stereocenters. The van der Waals surface area contributed by atoms with Crippen molar-refractivity contribution in [3.63, 3.8) is 0 Å². The van der Waals surface area contributed by atoms with Crippen LogP contribution in [0.5, 0.6) is 0 Å². The Kier molecular flexibility index (Phi) is 3.05. The van der Waals surface area contributed by atoms with Gasteiger partial charge in [-0.1, -0.05) is 56.3 Å². The first kappa shape index (κ1) is 9.74. The van der Waals surface area contributed by atoms with E-state index >= 15 is 0 Å². The molecule has 0 aliphatic heterocycles. The molecule has 0 bridgehead atoms. The van der Waals surface area contributed by atoms with Gasteiger partial charge in [0.05, 0.1) is 0 Å². The van der Waals surface area contributed by atoms with E-state index in [0.29, 0.717) is 0 Å². The standard InChI is InChI=1S/C10H14I2/c1-6-9-2-7(4-11)8(5-12)3-10(6)9/h7-9H,2-5H2,1H3. The van der Waals surface area contributed by atoms with E-state index in [9.17, 15) is 0 Å². The molecule has 0 radical (unpaired) electrons. The normalized spacial score (nSPS) is 39.8. The van der Waals surface area contributed by atoms with Crippen molar-refractivity contribution in [2.24, 2.45) is 17.8 Å². The number of hydrogen-bond donors (Lipinski definition) is 0. The molecule has 0 spiro atoms. The van der Waals surface area contributed by atoms with Crippen LogP contribution in [0.15, 0.2) is 11.1 Å². The summed E-state index contributed by atoms with van der Waals surface area (Å²) in [5, 5.41) is 0. The molecular weight excluding hydrogens is 374 g/mol. The van der Waals surface area contributed by atoms with Gasteiger partial charge in [0.2, 0.25) is 0 Å². The molecule has 0 heterocycles. The lowest BCUT2D eigenvalue weighted by atomic mass is 9.81. The average molecular weight is 388 g/mol. The van der Waals surface area contributed by atoms with E-state index in [1.807, 2.05) is 5.57 Å². The fourth-order valence-electron chi connectivity index (χ4n) is 2.39. The minimum atomic E-state index is 0.962. The van der Waals surface area contributed by atoms with Gasteiger partial charge in [0, 0.05) is 14.8 Å². The smallest absolute Gasteiger partial charge is 0.00296 e. The molecule has 2 aliphatic rings. The molecule has 68 valence electrons. The van der Waals surface area contributed by atoms with Crippen LogP contribution in [-0.4, -0.2) is 8.86 Å². The molecule has 1 saturated carbocycles. The average Bonchev–Trinajstić information content (AvgIpc) is 2.74. The van der Waals surface area contributed by atoms with Crippen LogP contribution in [0, 0.1) is 17.8 Å². The zero-order valence-electron chi connectivity index (χ0n) is 7.32. The molecule has 0 N–H and O–H groups in total. The minimum absolute atomic E-state index is 0.962. The minimum Gasteiger partial charge on any atom is -0.0861 e. The third kappa shape index (κ3) is 1.57. The van der Waals surface area contributed by atoms with E-state index in [0.717, 1.165) is 17.8 Å². The van der Waals surface area contributed by atoms with Crippen molar-refractivity contribution in [1.29, 1.82) is 0 Å². The van der Waals surface area contributed by atoms with Crippen molar-refractivity contribution in [2.75, 3.05) is 8.86 Å². The molecular formula is C10H14I2. The first-order valence-electron chi connectivity index (χ1n) is 4.59. The fourth-order valence-corrected chi connectivity index (χ4v) is 4.50. The van der Waals surface area contributed by atoms with Crippen LogP contribution in [0.1, 0.15) is 19.8 Å². The maximum atomic E-state index is 2.56. The van der Waals surface area contributed by atoms with Crippen molar-refractivity contribution in [2.45, 2.75) is 19.8 Å². The van der Waals surface area contributed by atoms with Crippen LogP contribution < -0.4 is 0 Å². The molecule has 0 nitrogen and oxygen atoms in total. The Morgan fingerprint density at radius 3 is 2.50 bits per heavy atom. The van der Waals surface area contributed by atoms with E-state index in [4.69, 9.17) is 0 Å². The SMILES string of the molecule is CC1=C2CC(CI)C(CI)CC12. The molecule has 12 heavy (non-hydrogen) atoms. The summed E-state index contributed by atoms with van der Waals surface area (Å²) in [7, 11) is 0. The molecule has 1 fully saturated rings. The Morgan fingerprint density at radius 1 is 1.25 bits per heavy atom. The van der Waals surface area contributed by atoms with Crippen LogP contribution in [-0.2, 0) is 0 Å². The predicted molar refractivity (Wildman–Crippen MR) is 70.2 cm³/mol. The van der Waals surface area contributed by atoms with Gasteiger partial charge in [0.1, 0.15) is 0 Å². The second kappa shape index (κ2) is 3.75. The van der Waals surface area contributed by atoms with E-state index in [-0.39, 0.29) is 0 Å². The molecule has 2 heteroatoms. The van der Waals surface area contributed by atoms with Gasteiger partial charge in [-0.3, -0.25) is 0 Å². The summed E-state index contributed by atoms with van der Waals surface area (Å²) < 4.78 is 2.72. The molecule has 0 saturated heterocycles. The number of halogens is 2. The van der Waals surface area contributed by atoms with Gasteiger partial charge >= 0.3 is 0 Å². The van der Waals surface area contributed by atoms with Crippen LogP contribution in [0.4, 0.5) is 0 Å². The quantitative estimate of drug-likeness (QED) is 0.383. The zero-order chi connectivity index (χ0) is 8.72. The summed E-state index contributed by atoms with van der Waals surface area (Å²) in [6.45, 7) is 2.33. The summed E-state index contributed by atoms with van der Waals surface area (Å²) in [6.07, 6.45) is 2.89. The summed E-state index contributed by atoms with van der Waals surface area (Å²) in [4.78, 5) is 0. The van der Waals surface area contributed by atoms with Crippen molar-refractivity contribution >= 4 is 45.2 Å². The highest BCUT2D eigenvalue weighted by Gasteiger charge is 2.42. The lowest BCUT2D eigenvalue weighted by Gasteiger charge is -2.28. The predicted octanol–water partition coefficient (Wildman–Crippen LogP) is 3.83. The van der Waals surface area contributed by atoms with Crippen molar-refractivity contribution in [3.05, 3.63) is 11.1 Å². The molecule has 0 aromatic heterocycles. The molecule has 0 amide bonds. The molecule has 0 aromatic rings. The second-order valence-electron chi connectivity index (χ2n) is 4.03. The van der Waals surface area contributed by atoms with Gasteiger partial charge in [-0.2, -0.15) is 0 Å². The van der Waals surface area contributed by atoms with Gasteiger partial charge in [0.15, 0.2) is 0 Å². The van der Waals surface area contributed by atoms with Crippen LogP contribution in [0.3, 0.4) is 0 Å². The Balaban J connectivity index is 2.02. The lowest BCUT2D eigenvalue weighted by Crippen LogP contribution is -2.22. The summed E-state index contributed by atoms with van der Waals surface area (Å²) in [5.74, 6) is 2.96. The number of hydrogen-bond acceptors (Lipinski definition) is 0. The highest BCUT2D eigenvalue weighted by atomic mass is 127. The maximum absolute atomic E-state index is 2.56. The first-order chi connectivity index (χ1) is 5.77. The summed E-state index contributed by atoms with van der Waals surface area (Å²) in [6, 6.07) is 0. The highest BCUT2D eigenvalue weighted by molar-refractivity contribution is 14.1. The largest absolute Gasteiger partial charge is 0.0861 e. The number of rotatable bonds is 2. The molecule has 2 rings (SSSR count). The second-order valence-corrected chi connectivity index (χ2v) is 5.79. The summed E-state index contributed by atoms with van der Waals surface area (Å²) in [5.41, 5.74) is 3.55. The lowest BCUT2D eigenvalue weighted by molar-refractivity contribution is 0.335. The third-order valence-electron chi connectivity index (χ3n) is 3.45. The van der Waals surface area contributed by atoms with E-state index < -0.39 is 0 Å². The van der Waals surface area contributed by atoms with Gasteiger partial charge in [-0.15, -0.1) is 0 Å². The first-order valence-corrected chi connectivity index (χ1v) is 7.64. The Labute approximate surface area is 102 Å². The van der Waals surface area contributed by atoms with Gasteiger partial charge in [0.25, 0.3) is 0 Å². The Bertz CT molecular complexity index is 220. The number of alkyl halides is 2. The van der Waals surface area contributed by atoms with Crippen molar-refractivity contribution in [1.82, 2.24) is 0 Å². The number of fused-ring (bicyclic) bond motifs is 1. The topological polar surface area (TPSA) is 0 Å². The van der Waals surface area contributed by atoms with Gasteiger partial charge < -0.3 is 0 Å². The fraction of sp³-hybridized carbons (Fsp3) is 0.800.